The van der Waals surface area contributed by atoms with Crippen LogP contribution in [-0.2, 0) is 18.4 Å². The van der Waals surface area contributed by atoms with Gasteiger partial charge in [0.15, 0.2) is 0 Å². The normalized spacial score (nSPS) is 20.2. The van der Waals surface area contributed by atoms with Gasteiger partial charge in [-0.05, 0) is 25.5 Å². The maximum Gasteiger partial charge on any atom is 0.228 e. The van der Waals surface area contributed by atoms with Crippen LogP contribution in [0.25, 0.3) is 0 Å². The number of aromatic nitrogens is 2. The van der Waals surface area contributed by atoms with E-state index in [4.69, 9.17) is 0 Å². The third-order valence-corrected chi connectivity index (χ3v) is 4.89. The van der Waals surface area contributed by atoms with Gasteiger partial charge in [0, 0.05) is 50.4 Å². The molecule has 3 rings (SSSR count). The van der Waals surface area contributed by atoms with Gasteiger partial charge in [-0.25, -0.2) is 4.39 Å². The van der Waals surface area contributed by atoms with Crippen LogP contribution in [0.1, 0.15) is 30.9 Å². The first kappa shape index (κ1) is 17.6. The summed E-state index contributed by atoms with van der Waals surface area (Å²) in [7, 11) is 1.88. The standard InChI is InChI=1S/C19H25FN4O/c1-13(2)24(12-14-6-4-5-7-18(14)20)19(25)17-10-21-9-16(17)15-8-22-23(3)11-15/h4-8,11,13,16-17,21H,9-10,12H2,1-3H3/t16-,17+/m1/s1. The summed E-state index contributed by atoms with van der Waals surface area (Å²) in [4.78, 5) is 15.0. The number of carbonyl (C=O) groups excluding carboxylic acids is 1. The number of aryl methyl sites for hydroxylation is 1. The van der Waals surface area contributed by atoms with Crippen molar-refractivity contribution < 1.29 is 9.18 Å². The Labute approximate surface area is 147 Å². The van der Waals surface area contributed by atoms with E-state index in [0.717, 1.165) is 12.1 Å². The predicted molar refractivity (Wildman–Crippen MR) is 94.4 cm³/mol. The fourth-order valence-electron chi connectivity index (χ4n) is 3.46. The van der Waals surface area contributed by atoms with Crippen LogP contribution in [0.2, 0.25) is 0 Å². The summed E-state index contributed by atoms with van der Waals surface area (Å²) in [5, 5.41) is 7.55. The minimum atomic E-state index is -0.269. The highest BCUT2D eigenvalue weighted by Gasteiger charge is 2.37. The summed E-state index contributed by atoms with van der Waals surface area (Å²) in [6.07, 6.45) is 3.79. The van der Waals surface area contributed by atoms with Crippen molar-refractivity contribution in [2.75, 3.05) is 13.1 Å². The molecule has 2 atom stereocenters. The van der Waals surface area contributed by atoms with Crippen molar-refractivity contribution in [2.45, 2.75) is 32.4 Å². The SMILES string of the molecule is CC(C)N(Cc1ccccc1F)C(=O)[C@H]1CNC[C@@H]1c1cnn(C)c1. The van der Waals surface area contributed by atoms with Crippen molar-refractivity contribution in [3.05, 3.63) is 53.6 Å². The van der Waals surface area contributed by atoms with E-state index in [1.807, 2.05) is 33.3 Å². The molecule has 1 saturated heterocycles. The topological polar surface area (TPSA) is 50.2 Å². The quantitative estimate of drug-likeness (QED) is 0.905. The molecule has 0 spiro atoms. The van der Waals surface area contributed by atoms with E-state index in [1.165, 1.54) is 6.07 Å². The molecule has 1 fully saturated rings. The highest BCUT2D eigenvalue weighted by atomic mass is 19.1. The van der Waals surface area contributed by atoms with E-state index in [0.29, 0.717) is 18.7 Å². The maximum atomic E-state index is 14.0. The Balaban J connectivity index is 1.81. The van der Waals surface area contributed by atoms with Gasteiger partial charge in [-0.15, -0.1) is 0 Å². The van der Waals surface area contributed by atoms with Gasteiger partial charge in [-0.1, -0.05) is 18.2 Å². The molecule has 0 bridgehead atoms. The highest BCUT2D eigenvalue weighted by molar-refractivity contribution is 5.81. The number of hydrogen-bond donors (Lipinski definition) is 1. The molecule has 5 nitrogen and oxygen atoms in total. The monoisotopic (exact) mass is 344 g/mol. The Bertz CT molecular complexity index is 743. The molecule has 0 unspecified atom stereocenters. The Kier molecular flexibility index (Phi) is 5.18. The fourth-order valence-corrected chi connectivity index (χ4v) is 3.46. The molecule has 134 valence electrons. The van der Waals surface area contributed by atoms with Crippen LogP contribution in [0.15, 0.2) is 36.7 Å². The number of rotatable bonds is 5. The van der Waals surface area contributed by atoms with Gasteiger partial charge >= 0.3 is 0 Å². The molecule has 0 aliphatic carbocycles. The number of nitrogens with zero attached hydrogens (tertiary/aromatic N) is 3. The first-order valence-corrected chi connectivity index (χ1v) is 8.70. The van der Waals surface area contributed by atoms with Crippen molar-refractivity contribution in [3.8, 4) is 0 Å². The van der Waals surface area contributed by atoms with Gasteiger partial charge in [0.2, 0.25) is 5.91 Å². The predicted octanol–water partition coefficient (Wildman–Crippen LogP) is 2.30. The molecule has 2 aromatic rings. The summed E-state index contributed by atoms with van der Waals surface area (Å²) >= 11 is 0. The molecule has 2 heterocycles. The van der Waals surface area contributed by atoms with Crippen LogP contribution < -0.4 is 5.32 Å². The van der Waals surface area contributed by atoms with Crippen LogP contribution in [0.3, 0.4) is 0 Å². The second-order valence-corrected chi connectivity index (χ2v) is 6.97. The molecular formula is C19H25FN4O. The van der Waals surface area contributed by atoms with E-state index in [1.54, 1.807) is 27.8 Å². The van der Waals surface area contributed by atoms with E-state index in [2.05, 4.69) is 10.4 Å². The number of nitrogens with one attached hydrogen (secondary N) is 1. The lowest BCUT2D eigenvalue weighted by Gasteiger charge is -2.31. The van der Waals surface area contributed by atoms with Crippen LogP contribution >= 0.6 is 0 Å². The molecular weight excluding hydrogens is 319 g/mol. The second-order valence-electron chi connectivity index (χ2n) is 6.97. The van der Waals surface area contributed by atoms with E-state index < -0.39 is 0 Å². The number of hydrogen-bond acceptors (Lipinski definition) is 3. The fraction of sp³-hybridized carbons (Fsp3) is 0.474. The van der Waals surface area contributed by atoms with Gasteiger partial charge in [-0.3, -0.25) is 9.48 Å². The summed E-state index contributed by atoms with van der Waals surface area (Å²) in [6, 6.07) is 6.65. The first-order valence-electron chi connectivity index (χ1n) is 8.70. The van der Waals surface area contributed by atoms with Crippen molar-refractivity contribution in [1.82, 2.24) is 20.0 Å². The molecule has 1 aliphatic rings. The zero-order valence-corrected chi connectivity index (χ0v) is 14.9. The van der Waals surface area contributed by atoms with E-state index in [9.17, 15) is 9.18 Å². The van der Waals surface area contributed by atoms with Crippen LogP contribution in [0.5, 0.6) is 0 Å². The Morgan fingerprint density at radius 3 is 2.80 bits per heavy atom. The number of amides is 1. The Morgan fingerprint density at radius 1 is 1.40 bits per heavy atom. The summed E-state index contributed by atoms with van der Waals surface area (Å²) in [5.74, 6) is -0.257. The third-order valence-electron chi connectivity index (χ3n) is 4.89. The molecule has 0 saturated carbocycles. The molecule has 1 amide bonds. The summed E-state index contributed by atoms with van der Waals surface area (Å²) in [5.41, 5.74) is 1.62. The Hall–Kier alpha value is -2.21. The van der Waals surface area contributed by atoms with Gasteiger partial charge in [0.05, 0.1) is 12.1 Å². The third kappa shape index (κ3) is 3.74. The molecule has 0 radical (unpaired) electrons. The lowest BCUT2D eigenvalue weighted by Crippen LogP contribution is -2.42. The van der Waals surface area contributed by atoms with Crippen molar-refractivity contribution in [1.29, 1.82) is 0 Å². The number of benzene rings is 1. The van der Waals surface area contributed by atoms with Crippen molar-refractivity contribution >= 4 is 5.91 Å². The summed E-state index contributed by atoms with van der Waals surface area (Å²) in [6.45, 7) is 5.63. The van der Waals surface area contributed by atoms with Crippen molar-refractivity contribution in [3.63, 3.8) is 0 Å². The van der Waals surface area contributed by atoms with Crippen LogP contribution in [-0.4, -0.2) is 39.7 Å². The highest BCUT2D eigenvalue weighted by Crippen LogP contribution is 2.30. The molecule has 1 aromatic carbocycles. The maximum absolute atomic E-state index is 14.0. The smallest absolute Gasteiger partial charge is 0.228 e. The van der Waals surface area contributed by atoms with Crippen LogP contribution in [0, 0.1) is 11.7 Å². The van der Waals surface area contributed by atoms with E-state index in [-0.39, 0.29) is 29.6 Å². The molecule has 1 aliphatic heterocycles. The van der Waals surface area contributed by atoms with Gasteiger partial charge in [-0.2, -0.15) is 5.10 Å². The lowest BCUT2D eigenvalue weighted by molar-refractivity contribution is -0.137. The molecule has 1 aromatic heterocycles. The summed E-state index contributed by atoms with van der Waals surface area (Å²) < 4.78 is 15.8. The number of carbonyl (C=O) groups is 1. The van der Waals surface area contributed by atoms with Gasteiger partial charge in [0.1, 0.15) is 5.82 Å². The molecule has 1 N–H and O–H groups in total. The zero-order valence-electron chi connectivity index (χ0n) is 14.9. The average Bonchev–Trinajstić information content (AvgIpc) is 3.21. The first-order chi connectivity index (χ1) is 12.0. The second kappa shape index (κ2) is 7.35. The minimum absolute atomic E-state index is 0.00209. The van der Waals surface area contributed by atoms with Gasteiger partial charge < -0.3 is 10.2 Å². The largest absolute Gasteiger partial charge is 0.336 e. The van der Waals surface area contributed by atoms with E-state index >= 15 is 0 Å². The minimum Gasteiger partial charge on any atom is -0.336 e. The number of halogens is 1. The average molecular weight is 344 g/mol. The van der Waals surface area contributed by atoms with Gasteiger partial charge in [0.25, 0.3) is 0 Å². The Morgan fingerprint density at radius 2 is 2.16 bits per heavy atom. The zero-order chi connectivity index (χ0) is 18.0. The molecule has 6 heteroatoms. The lowest BCUT2D eigenvalue weighted by atomic mass is 9.89. The van der Waals surface area contributed by atoms with Crippen LogP contribution in [0.4, 0.5) is 4.39 Å². The molecule has 25 heavy (non-hydrogen) atoms. The van der Waals surface area contributed by atoms with Crippen molar-refractivity contribution in [2.24, 2.45) is 13.0 Å².